The molecule has 1 fully saturated rings. The monoisotopic (exact) mass is 196 g/mol. The Balaban J connectivity index is 2.39. The molecule has 0 amide bonds. The van der Waals surface area contributed by atoms with Gasteiger partial charge in [-0.15, -0.1) is 0 Å². The highest BCUT2D eigenvalue weighted by Crippen LogP contribution is 2.30. The van der Waals surface area contributed by atoms with Gasteiger partial charge in [0, 0.05) is 23.5 Å². The number of hydrogen-bond donors (Lipinski definition) is 2. The summed E-state index contributed by atoms with van der Waals surface area (Å²) < 4.78 is 0. The molecule has 0 bridgehead atoms. The van der Waals surface area contributed by atoms with Crippen LogP contribution in [0.25, 0.3) is 0 Å². The van der Waals surface area contributed by atoms with Crippen molar-refractivity contribution >= 4 is 11.6 Å². The highest BCUT2D eigenvalue weighted by molar-refractivity contribution is 6.31. The first-order chi connectivity index (χ1) is 6.22. The topological polar surface area (TPSA) is 24.1 Å². The summed E-state index contributed by atoms with van der Waals surface area (Å²) >= 11 is 6.14. The molecular formula is C10H13ClN2. The van der Waals surface area contributed by atoms with Gasteiger partial charge in [0.05, 0.1) is 0 Å². The third kappa shape index (κ3) is 1.57. The summed E-state index contributed by atoms with van der Waals surface area (Å²) in [7, 11) is 0. The summed E-state index contributed by atoms with van der Waals surface area (Å²) in [4.78, 5) is 0. The number of benzene rings is 1. The van der Waals surface area contributed by atoms with Crippen molar-refractivity contribution in [3.8, 4) is 0 Å². The molecule has 1 aliphatic rings. The number of hydrazine groups is 1. The zero-order valence-electron chi connectivity index (χ0n) is 7.60. The molecule has 1 aromatic carbocycles. The summed E-state index contributed by atoms with van der Waals surface area (Å²) in [5.74, 6) is 0. The van der Waals surface area contributed by atoms with Crippen molar-refractivity contribution < 1.29 is 0 Å². The minimum atomic E-state index is 0.123. The average molecular weight is 197 g/mol. The molecule has 0 unspecified atom stereocenters. The molecule has 0 radical (unpaired) electrons. The van der Waals surface area contributed by atoms with Crippen molar-refractivity contribution in [2.45, 2.75) is 12.3 Å². The molecule has 2 nitrogen and oxygen atoms in total. The van der Waals surface area contributed by atoms with Gasteiger partial charge in [-0.1, -0.05) is 36.7 Å². The Morgan fingerprint density at radius 3 is 2.46 bits per heavy atom. The summed E-state index contributed by atoms with van der Waals surface area (Å²) in [6.45, 7) is 4.06. The van der Waals surface area contributed by atoms with Crippen LogP contribution in [0, 0.1) is 0 Å². The van der Waals surface area contributed by atoms with E-state index in [4.69, 9.17) is 11.6 Å². The Morgan fingerprint density at radius 1 is 1.23 bits per heavy atom. The van der Waals surface area contributed by atoms with Gasteiger partial charge in [0.15, 0.2) is 0 Å². The molecule has 2 N–H and O–H groups in total. The zero-order chi connectivity index (χ0) is 9.31. The van der Waals surface area contributed by atoms with Crippen molar-refractivity contribution in [1.29, 1.82) is 0 Å². The van der Waals surface area contributed by atoms with Crippen LogP contribution in [0.3, 0.4) is 0 Å². The van der Waals surface area contributed by atoms with Gasteiger partial charge in [-0.2, -0.15) is 0 Å². The summed E-state index contributed by atoms with van der Waals surface area (Å²) in [5, 5.41) is 0.857. The number of rotatable bonds is 1. The van der Waals surface area contributed by atoms with Crippen LogP contribution in [0.1, 0.15) is 12.5 Å². The molecule has 70 valence electrons. The molecule has 1 heterocycles. The highest BCUT2D eigenvalue weighted by atomic mass is 35.5. The lowest BCUT2D eigenvalue weighted by molar-refractivity contribution is 0.553. The number of nitrogens with one attached hydrogen (secondary N) is 2. The van der Waals surface area contributed by atoms with E-state index in [2.05, 4.69) is 23.8 Å². The van der Waals surface area contributed by atoms with Gasteiger partial charge in [0.1, 0.15) is 0 Å². The summed E-state index contributed by atoms with van der Waals surface area (Å²) in [5.41, 5.74) is 7.60. The second kappa shape index (κ2) is 3.29. The molecular weight excluding hydrogens is 184 g/mol. The first-order valence-corrected chi connectivity index (χ1v) is 4.81. The van der Waals surface area contributed by atoms with E-state index in [0.717, 1.165) is 18.1 Å². The minimum Gasteiger partial charge on any atom is -0.257 e. The molecule has 0 saturated carbocycles. The standard InChI is InChI=1S/C10H13ClN2/c1-10(6-12-13-7-10)8-4-2-3-5-9(8)11/h2-5,12-13H,6-7H2,1H3. The Hall–Kier alpha value is -0.570. The smallest absolute Gasteiger partial charge is 0.0444 e. The van der Waals surface area contributed by atoms with E-state index in [0.29, 0.717) is 0 Å². The van der Waals surface area contributed by atoms with E-state index in [1.807, 2.05) is 18.2 Å². The molecule has 0 atom stereocenters. The first-order valence-electron chi connectivity index (χ1n) is 4.43. The predicted molar refractivity (Wildman–Crippen MR) is 54.8 cm³/mol. The lowest BCUT2D eigenvalue weighted by Gasteiger charge is -2.23. The fraction of sp³-hybridized carbons (Fsp3) is 0.400. The Bertz CT molecular complexity index is 306. The maximum absolute atomic E-state index is 6.14. The second-order valence-corrected chi connectivity index (χ2v) is 4.15. The normalized spacial score (nSPS) is 20.5. The quantitative estimate of drug-likeness (QED) is 0.715. The van der Waals surface area contributed by atoms with Gasteiger partial charge in [-0.3, -0.25) is 10.9 Å². The van der Waals surface area contributed by atoms with Crippen LogP contribution >= 0.6 is 11.6 Å². The molecule has 13 heavy (non-hydrogen) atoms. The van der Waals surface area contributed by atoms with E-state index < -0.39 is 0 Å². The largest absolute Gasteiger partial charge is 0.257 e. The van der Waals surface area contributed by atoms with Crippen molar-refractivity contribution in [2.75, 3.05) is 13.1 Å². The van der Waals surface area contributed by atoms with Crippen LogP contribution in [-0.4, -0.2) is 13.1 Å². The summed E-state index contributed by atoms with van der Waals surface area (Å²) in [6.07, 6.45) is 0. The van der Waals surface area contributed by atoms with Crippen molar-refractivity contribution in [2.24, 2.45) is 0 Å². The summed E-state index contributed by atoms with van der Waals surface area (Å²) in [6, 6.07) is 8.03. The first kappa shape index (κ1) is 9.00. The molecule has 1 aliphatic heterocycles. The van der Waals surface area contributed by atoms with E-state index in [-0.39, 0.29) is 5.41 Å². The third-order valence-corrected chi connectivity index (χ3v) is 2.94. The fourth-order valence-electron chi connectivity index (χ4n) is 1.72. The van der Waals surface area contributed by atoms with Crippen LogP contribution in [0.2, 0.25) is 5.02 Å². The van der Waals surface area contributed by atoms with Crippen molar-refractivity contribution in [3.05, 3.63) is 34.9 Å². The molecule has 3 heteroatoms. The Morgan fingerprint density at radius 2 is 1.85 bits per heavy atom. The van der Waals surface area contributed by atoms with Gasteiger partial charge in [0.2, 0.25) is 0 Å². The highest BCUT2D eigenvalue weighted by Gasteiger charge is 2.31. The van der Waals surface area contributed by atoms with Gasteiger partial charge >= 0.3 is 0 Å². The maximum atomic E-state index is 6.14. The van der Waals surface area contributed by atoms with Crippen LogP contribution in [0.15, 0.2) is 24.3 Å². The van der Waals surface area contributed by atoms with Gasteiger partial charge < -0.3 is 0 Å². The Kier molecular flexibility index (Phi) is 2.28. The molecule has 0 aliphatic carbocycles. The van der Waals surface area contributed by atoms with Gasteiger partial charge in [-0.05, 0) is 11.6 Å². The number of halogens is 1. The van der Waals surface area contributed by atoms with Crippen LogP contribution in [0.4, 0.5) is 0 Å². The number of hydrogen-bond acceptors (Lipinski definition) is 2. The van der Waals surface area contributed by atoms with Gasteiger partial charge in [0.25, 0.3) is 0 Å². The molecule has 0 aromatic heterocycles. The van der Waals surface area contributed by atoms with Crippen molar-refractivity contribution in [3.63, 3.8) is 0 Å². The van der Waals surface area contributed by atoms with Crippen LogP contribution in [0.5, 0.6) is 0 Å². The molecule has 2 rings (SSSR count). The predicted octanol–water partition coefficient (Wildman–Crippen LogP) is 1.71. The fourth-order valence-corrected chi connectivity index (χ4v) is 2.08. The van der Waals surface area contributed by atoms with Crippen LogP contribution < -0.4 is 10.9 Å². The van der Waals surface area contributed by atoms with Crippen LogP contribution in [-0.2, 0) is 5.41 Å². The average Bonchev–Trinajstić information content (AvgIpc) is 2.54. The minimum absolute atomic E-state index is 0.123. The molecule has 0 spiro atoms. The lowest BCUT2D eigenvalue weighted by atomic mass is 9.83. The molecule has 1 saturated heterocycles. The lowest BCUT2D eigenvalue weighted by Crippen LogP contribution is -2.28. The third-order valence-electron chi connectivity index (χ3n) is 2.61. The zero-order valence-corrected chi connectivity index (χ0v) is 8.36. The van der Waals surface area contributed by atoms with E-state index >= 15 is 0 Å². The maximum Gasteiger partial charge on any atom is 0.0444 e. The van der Waals surface area contributed by atoms with E-state index in [1.165, 1.54) is 5.56 Å². The van der Waals surface area contributed by atoms with E-state index in [9.17, 15) is 0 Å². The SMILES string of the molecule is CC1(c2ccccc2Cl)CNNC1. The van der Waals surface area contributed by atoms with Gasteiger partial charge in [-0.25, -0.2) is 0 Å². The second-order valence-electron chi connectivity index (χ2n) is 3.75. The van der Waals surface area contributed by atoms with Crippen molar-refractivity contribution in [1.82, 2.24) is 10.9 Å². The van der Waals surface area contributed by atoms with E-state index in [1.54, 1.807) is 0 Å². The molecule has 1 aromatic rings. The Labute approximate surface area is 83.3 Å².